The number of amides is 1. The molecule has 0 atom stereocenters. The van der Waals surface area contributed by atoms with Crippen molar-refractivity contribution < 1.29 is 14.3 Å². The highest BCUT2D eigenvalue weighted by Gasteiger charge is 2.16. The van der Waals surface area contributed by atoms with Crippen molar-refractivity contribution in [3.05, 3.63) is 29.7 Å². The fraction of sp³-hybridized carbons (Fsp3) is 0.286. The number of ether oxygens (including phenoxy) is 1. The van der Waals surface area contributed by atoms with E-state index in [1.165, 1.54) is 34.4 Å². The smallest absolute Gasteiger partial charge is 0.341 e. The van der Waals surface area contributed by atoms with Crippen LogP contribution in [-0.2, 0) is 9.53 Å². The summed E-state index contributed by atoms with van der Waals surface area (Å²) in [5.41, 5.74) is 0.368. The van der Waals surface area contributed by atoms with Crippen LogP contribution in [0.4, 0.5) is 10.1 Å². The van der Waals surface area contributed by atoms with Gasteiger partial charge < -0.3 is 15.4 Å². The van der Waals surface area contributed by atoms with Crippen molar-refractivity contribution in [2.75, 3.05) is 29.5 Å². The zero-order valence-corrected chi connectivity index (χ0v) is 15.4. The van der Waals surface area contributed by atoms with Gasteiger partial charge in [-0.2, -0.15) is 0 Å². The maximum absolute atomic E-state index is 12.0. The zero-order valence-electron chi connectivity index (χ0n) is 12.9. The van der Waals surface area contributed by atoms with Gasteiger partial charge >= 0.3 is 5.97 Å². The molecule has 0 radical (unpaired) electrons. The van der Waals surface area contributed by atoms with Crippen LogP contribution in [0.15, 0.2) is 28.4 Å². The van der Waals surface area contributed by atoms with Crippen LogP contribution in [0.5, 0.6) is 0 Å². The lowest BCUT2D eigenvalue weighted by molar-refractivity contribution is -0.113. The molecule has 2 N–H and O–H groups in total. The summed E-state index contributed by atoms with van der Waals surface area (Å²) in [6, 6.07) is 1.63. The van der Waals surface area contributed by atoms with E-state index < -0.39 is 5.97 Å². The number of hydrogen-bond donors (Lipinski definition) is 2. The van der Waals surface area contributed by atoms with E-state index >= 15 is 0 Å². The average Bonchev–Trinajstić information content (AvgIpc) is 3.20. The van der Waals surface area contributed by atoms with Crippen molar-refractivity contribution in [1.82, 2.24) is 10.2 Å². The quantitative estimate of drug-likeness (QED) is 0.390. The molecule has 10 heteroatoms. The molecule has 0 aliphatic rings. The number of rotatable bonds is 9. The molecule has 0 unspecified atom stereocenters. The fourth-order valence-corrected chi connectivity index (χ4v) is 3.91. The number of carbonyl (C=O) groups is 2. The number of carbonyl (C=O) groups excluding carboxylic acids is 2. The van der Waals surface area contributed by atoms with Crippen LogP contribution in [0.2, 0.25) is 0 Å². The van der Waals surface area contributed by atoms with Gasteiger partial charge in [0.25, 0.3) is 0 Å². The Kier molecular flexibility index (Phi) is 7.22. The summed E-state index contributed by atoms with van der Waals surface area (Å²) in [5, 5.41) is 16.6. The van der Waals surface area contributed by atoms with Crippen molar-refractivity contribution >= 4 is 56.4 Å². The Balaban J connectivity index is 1.85. The van der Waals surface area contributed by atoms with Crippen molar-refractivity contribution in [2.45, 2.75) is 11.3 Å². The van der Waals surface area contributed by atoms with Crippen molar-refractivity contribution in [1.29, 1.82) is 0 Å². The zero-order chi connectivity index (χ0) is 17.4. The van der Waals surface area contributed by atoms with Gasteiger partial charge in [0.05, 0.1) is 17.9 Å². The van der Waals surface area contributed by atoms with Gasteiger partial charge in [0.1, 0.15) is 5.00 Å². The summed E-state index contributed by atoms with van der Waals surface area (Å²) < 4.78 is 5.64. The lowest BCUT2D eigenvalue weighted by atomic mass is 10.3. The normalized spacial score (nSPS) is 10.2. The molecule has 2 aromatic heterocycles. The SMILES string of the molecule is C=CCNc1nnc(SCC(=O)Nc2sccc2C(=O)OCC)s1. The molecule has 24 heavy (non-hydrogen) atoms. The minimum Gasteiger partial charge on any atom is -0.462 e. The lowest BCUT2D eigenvalue weighted by Crippen LogP contribution is -2.15. The molecule has 0 aliphatic carbocycles. The Bertz CT molecular complexity index is 714. The molecule has 2 heterocycles. The van der Waals surface area contributed by atoms with Gasteiger partial charge in [0.15, 0.2) is 4.34 Å². The van der Waals surface area contributed by atoms with Gasteiger partial charge in [-0.1, -0.05) is 29.2 Å². The molecule has 0 fully saturated rings. The average molecular weight is 385 g/mol. The highest BCUT2D eigenvalue weighted by atomic mass is 32.2. The maximum atomic E-state index is 12.0. The third-order valence-electron chi connectivity index (χ3n) is 2.54. The van der Waals surface area contributed by atoms with Gasteiger partial charge in [-0.05, 0) is 18.4 Å². The molecule has 0 aliphatic heterocycles. The van der Waals surface area contributed by atoms with Crippen LogP contribution in [0.25, 0.3) is 0 Å². The molecule has 2 rings (SSSR count). The van der Waals surface area contributed by atoms with Crippen molar-refractivity contribution in [3.63, 3.8) is 0 Å². The second kappa shape index (κ2) is 9.40. The Morgan fingerprint density at radius 3 is 3.04 bits per heavy atom. The van der Waals surface area contributed by atoms with E-state index in [1.54, 1.807) is 24.4 Å². The predicted octanol–water partition coefficient (Wildman–Crippen LogP) is 3.11. The predicted molar refractivity (Wildman–Crippen MR) is 98.2 cm³/mol. The summed E-state index contributed by atoms with van der Waals surface area (Å²) in [6.07, 6.45) is 1.73. The number of nitrogens with zero attached hydrogens (tertiary/aromatic N) is 2. The fourth-order valence-electron chi connectivity index (χ4n) is 1.56. The Labute approximate surface area is 151 Å². The third-order valence-corrected chi connectivity index (χ3v) is 5.39. The number of anilines is 2. The van der Waals surface area contributed by atoms with Crippen LogP contribution in [0.1, 0.15) is 17.3 Å². The number of esters is 1. The van der Waals surface area contributed by atoms with Gasteiger partial charge in [-0.15, -0.1) is 28.1 Å². The first-order valence-electron chi connectivity index (χ1n) is 6.99. The Morgan fingerprint density at radius 1 is 1.46 bits per heavy atom. The molecule has 0 aromatic carbocycles. The van der Waals surface area contributed by atoms with E-state index in [9.17, 15) is 9.59 Å². The minimum atomic E-state index is -0.441. The van der Waals surface area contributed by atoms with E-state index in [0.717, 1.165) is 0 Å². The molecule has 0 saturated carbocycles. The summed E-state index contributed by atoms with van der Waals surface area (Å²) >= 11 is 3.93. The largest absolute Gasteiger partial charge is 0.462 e. The number of thioether (sulfide) groups is 1. The molecule has 128 valence electrons. The van der Waals surface area contributed by atoms with Gasteiger partial charge in [0, 0.05) is 6.54 Å². The van der Waals surface area contributed by atoms with Gasteiger partial charge in [0.2, 0.25) is 11.0 Å². The number of aromatic nitrogens is 2. The number of hydrogen-bond acceptors (Lipinski definition) is 9. The van der Waals surface area contributed by atoms with Crippen LogP contribution in [0, 0.1) is 0 Å². The molecule has 2 aromatic rings. The van der Waals surface area contributed by atoms with Crippen molar-refractivity contribution in [2.24, 2.45) is 0 Å². The monoisotopic (exact) mass is 384 g/mol. The Morgan fingerprint density at radius 2 is 2.29 bits per heavy atom. The van der Waals surface area contributed by atoms with Crippen molar-refractivity contribution in [3.8, 4) is 0 Å². The summed E-state index contributed by atoms with van der Waals surface area (Å²) in [4.78, 5) is 23.8. The van der Waals surface area contributed by atoms with E-state index in [-0.39, 0.29) is 18.3 Å². The first kappa shape index (κ1) is 18.4. The third kappa shape index (κ3) is 5.32. The van der Waals surface area contributed by atoms with E-state index in [0.29, 0.717) is 26.6 Å². The number of nitrogens with one attached hydrogen (secondary N) is 2. The summed E-state index contributed by atoms with van der Waals surface area (Å²) in [7, 11) is 0. The lowest BCUT2D eigenvalue weighted by Gasteiger charge is -2.05. The summed E-state index contributed by atoms with van der Waals surface area (Å²) in [5.74, 6) is -0.483. The standard InChI is InChI=1S/C14H16N4O3S3/c1-3-6-15-13-17-18-14(24-13)23-8-10(19)16-11-9(5-7-22-11)12(20)21-4-2/h3,5,7H,1,4,6,8H2,2H3,(H,15,17)(H,16,19). The van der Waals surface area contributed by atoms with Crippen LogP contribution in [-0.4, -0.2) is 41.0 Å². The van der Waals surface area contributed by atoms with E-state index in [4.69, 9.17) is 4.74 Å². The van der Waals surface area contributed by atoms with Crippen LogP contribution >= 0.6 is 34.4 Å². The Hall–Kier alpha value is -1.91. The molecule has 7 nitrogen and oxygen atoms in total. The maximum Gasteiger partial charge on any atom is 0.341 e. The molecular formula is C14H16N4O3S3. The van der Waals surface area contributed by atoms with E-state index in [1.807, 2.05) is 0 Å². The van der Waals surface area contributed by atoms with Gasteiger partial charge in [-0.25, -0.2) is 4.79 Å². The molecular weight excluding hydrogens is 368 g/mol. The topological polar surface area (TPSA) is 93.2 Å². The molecule has 0 saturated heterocycles. The summed E-state index contributed by atoms with van der Waals surface area (Å²) in [6.45, 7) is 6.24. The second-order valence-electron chi connectivity index (χ2n) is 4.26. The molecule has 0 bridgehead atoms. The van der Waals surface area contributed by atoms with Crippen LogP contribution in [0.3, 0.4) is 0 Å². The first-order valence-corrected chi connectivity index (χ1v) is 9.67. The van der Waals surface area contributed by atoms with E-state index in [2.05, 4.69) is 27.4 Å². The number of thiophene rings is 1. The molecule has 1 amide bonds. The highest BCUT2D eigenvalue weighted by molar-refractivity contribution is 8.01. The van der Waals surface area contributed by atoms with Gasteiger partial charge in [-0.3, -0.25) is 4.79 Å². The minimum absolute atomic E-state index is 0.177. The highest BCUT2D eigenvalue weighted by Crippen LogP contribution is 2.27. The van der Waals surface area contributed by atoms with Crippen LogP contribution < -0.4 is 10.6 Å². The second-order valence-corrected chi connectivity index (χ2v) is 7.38. The molecule has 0 spiro atoms. The first-order chi connectivity index (χ1) is 11.6.